The molecular weight excluding hydrogens is 216 g/mol. The first-order chi connectivity index (χ1) is 7.82. The summed E-state index contributed by atoms with van der Waals surface area (Å²) in [5, 5.41) is 2.82. The van der Waals surface area contributed by atoms with Crippen LogP contribution in [-0.4, -0.2) is 35.0 Å². The van der Waals surface area contributed by atoms with Gasteiger partial charge in [0, 0.05) is 37.8 Å². The van der Waals surface area contributed by atoms with E-state index in [1.54, 1.807) is 20.3 Å². The van der Waals surface area contributed by atoms with Gasteiger partial charge in [0.25, 0.3) is 0 Å². The van der Waals surface area contributed by atoms with E-state index < -0.39 is 0 Å². The number of hydrogen-bond acceptors (Lipinski definition) is 3. The topological polar surface area (TPSA) is 58.1 Å². The van der Waals surface area contributed by atoms with E-state index in [9.17, 15) is 4.79 Å². The lowest BCUT2D eigenvalue weighted by Gasteiger charge is -2.21. The minimum atomic E-state index is -0.117. The van der Waals surface area contributed by atoms with Crippen molar-refractivity contribution in [1.82, 2.24) is 20.2 Å². The number of rotatable bonds is 2. The number of carbonyl (C=O) groups is 1. The summed E-state index contributed by atoms with van der Waals surface area (Å²) in [5.74, 6) is 0. The molecule has 1 aromatic heterocycles. The first-order valence-corrected chi connectivity index (χ1v) is 5.57. The summed E-state index contributed by atoms with van der Waals surface area (Å²) >= 11 is 0. The molecular formula is C12H20N4O. The summed E-state index contributed by atoms with van der Waals surface area (Å²) in [6.45, 7) is 6.72. The van der Waals surface area contributed by atoms with Gasteiger partial charge in [-0.1, -0.05) is 20.8 Å². The average Bonchev–Trinajstić information content (AvgIpc) is 2.24. The number of aromatic nitrogens is 2. The summed E-state index contributed by atoms with van der Waals surface area (Å²) in [7, 11) is 3.42. The van der Waals surface area contributed by atoms with Crippen molar-refractivity contribution in [2.24, 2.45) is 0 Å². The summed E-state index contributed by atoms with van der Waals surface area (Å²) in [6, 6.07) is -0.117. The third-order valence-electron chi connectivity index (χ3n) is 2.33. The fourth-order valence-corrected chi connectivity index (χ4v) is 1.49. The lowest BCUT2D eigenvalue weighted by atomic mass is 9.89. The molecule has 1 aromatic rings. The van der Waals surface area contributed by atoms with Crippen LogP contribution in [-0.2, 0) is 12.0 Å². The van der Waals surface area contributed by atoms with Crippen molar-refractivity contribution in [1.29, 1.82) is 0 Å². The summed E-state index contributed by atoms with van der Waals surface area (Å²) < 4.78 is 0. The maximum absolute atomic E-state index is 11.5. The van der Waals surface area contributed by atoms with Crippen LogP contribution >= 0.6 is 0 Å². The zero-order chi connectivity index (χ0) is 13.1. The number of urea groups is 1. The fraction of sp³-hybridized carbons (Fsp3) is 0.583. The Bertz CT molecular complexity index is 396. The number of nitrogens with zero attached hydrogens (tertiary/aromatic N) is 3. The van der Waals surface area contributed by atoms with Crippen molar-refractivity contribution in [2.45, 2.75) is 32.7 Å². The molecule has 5 heteroatoms. The van der Waals surface area contributed by atoms with Crippen LogP contribution in [0.1, 0.15) is 32.0 Å². The molecule has 0 radical (unpaired) electrons. The molecule has 5 nitrogen and oxygen atoms in total. The summed E-state index contributed by atoms with van der Waals surface area (Å²) in [4.78, 5) is 21.3. The summed E-state index contributed by atoms with van der Waals surface area (Å²) in [5.41, 5.74) is 1.86. The van der Waals surface area contributed by atoms with Crippen LogP contribution in [0.2, 0.25) is 0 Å². The van der Waals surface area contributed by atoms with Gasteiger partial charge in [0.15, 0.2) is 0 Å². The molecule has 1 rings (SSSR count). The SMILES string of the molecule is CN(C)C(=O)NCc1cncnc1C(C)(C)C. The molecule has 0 aliphatic heterocycles. The molecule has 17 heavy (non-hydrogen) atoms. The van der Waals surface area contributed by atoms with Gasteiger partial charge in [-0.2, -0.15) is 0 Å². The fourth-order valence-electron chi connectivity index (χ4n) is 1.49. The van der Waals surface area contributed by atoms with Crippen LogP contribution in [0.5, 0.6) is 0 Å². The largest absolute Gasteiger partial charge is 0.334 e. The van der Waals surface area contributed by atoms with Crippen molar-refractivity contribution < 1.29 is 4.79 Å². The smallest absolute Gasteiger partial charge is 0.317 e. The van der Waals surface area contributed by atoms with Gasteiger partial charge in [-0.3, -0.25) is 0 Å². The minimum Gasteiger partial charge on any atom is -0.334 e. The van der Waals surface area contributed by atoms with Crippen LogP contribution in [0, 0.1) is 0 Å². The lowest BCUT2D eigenvalue weighted by molar-refractivity contribution is 0.217. The standard InChI is InChI=1S/C12H20N4O/c1-12(2,3)10-9(6-13-8-15-10)7-14-11(17)16(4)5/h6,8H,7H2,1-5H3,(H,14,17). The highest BCUT2D eigenvalue weighted by Gasteiger charge is 2.19. The number of amides is 2. The van der Waals surface area contributed by atoms with E-state index in [2.05, 4.69) is 36.1 Å². The molecule has 0 saturated carbocycles. The Balaban J connectivity index is 2.82. The molecule has 0 saturated heterocycles. The second kappa shape index (κ2) is 5.12. The average molecular weight is 236 g/mol. The highest BCUT2D eigenvalue weighted by atomic mass is 16.2. The van der Waals surface area contributed by atoms with Crippen LogP contribution in [0.25, 0.3) is 0 Å². The second-order valence-corrected chi connectivity index (χ2v) is 5.20. The molecule has 0 bridgehead atoms. The minimum absolute atomic E-state index is 0.0544. The molecule has 1 heterocycles. The van der Waals surface area contributed by atoms with Crippen molar-refractivity contribution in [3.8, 4) is 0 Å². The Morgan fingerprint density at radius 2 is 2.06 bits per heavy atom. The molecule has 0 aliphatic rings. The van der Waals surface area contributed by atoms with Crippen LogP contribution < -0.4 is 5.32 Å². The zero-order valence-corrected chi connectivity index (χ0v) is 11.1. The Labute approximate surface area is 102 Å². The van der Waals surface area contributed by atoms with E-state index in [-0.39, 0.29) is 11.4 Å². The quantitative estimate of drug-likeness (QED) is 0.847. The first-order valence-electron chi connectivity index (χ1n) is 5.57. The van der Waals surface area contributed by atoms with Crippen molar-refractivity contribution in [3.05, 3.63) is 23.8 Å². The van der Waals surface area contributed by atoms with Gasteiger partial charge in [0.2, 0.25) is 0 Å². The van der Waals surface area contributed by atoms with Gasteiger partial charge in [-0.25, -0.2) is 14.8 Å². The third kappa shape index (κ3) is 3.69. The van der Waals surface area contributed by atoms with Crippen LogP contribution in [0.3, 0.4) is 0 Å². The Morgan fingerprint density at radius 3 is 2.59 bits per heavy atom. The zero-order valence-electron chi connectivity index (χ0n) is 11.1. The first kappa shape index (κ1) is 13.4. The molecule has 0 aliphatic carbocycles. The predicted molar refractivity (Wildman–Crippen MR) is 66.7 cm³/mol. The predicted octanol–water partition coefficient (Wildman–Crippen LogP) is 1.55. The van der Waals surface area contributed by atoms with Gasteiger partial charge in [-0.15, -0.1) is 0 Å². The third-order valence-corrected chi connectivity index (χ3v) is 2.33. The second-order valence-electron chi connectivity index (χ2n) is 5.20. The molecule has 0 spiro atoms. The normalized spacial score (nSPS) is 11.1. The van der Waals surface area contributed by atoms with Crippen LogP contribution in [0.15, 0.2) is 12.5 Å². The molecule has 0 atom stereocenters. The van der Waals surface area contributed by atoms with Gasteiger partial charge in [-0.05, 0) is 0 Å². The molecule has 0 unspecified atom stereocenters. The van der Waals surface area contributed by atoms with E-state index in [4.69, 9.17) is 0 Å². The summed E-state index contributed by atoms with van der Waals surface area (Å²) in [6.07, 6.45) is 3.29. The van der Waals surface area contributed by atoms with Gasteiger partial charge in [0.05, 0.1) is 5.69 Å². The molecule has 0 aromatic carbocycles. The molecule has 2 amide bonds. The van der Waals surface area contributed by atoms with Crippen molar-refractivity contribution >= 4 is 6.03 Å². The highest BCUT2D eigenvalue weighted by Crippen LogP contribution is 2.22. The number of carbonyl (C=O) groups excluding carboxylic acids is 1. The van der Waals surface area contributed by atoms with Gasteiger partial charge in [0.1, 0.15) is 6.33 Å². The Kier molecular flexibility index (Phi) is 4.04. The molecule has 1 N–H and O–H groups in total. The highest BCUT2D eigenvalue weighted by molar-refractivity contribution is 5.73. The van der Waals surface area contributed by atoms with Crippen molar-refractivity contribution in [3.63, 3.8) is 0 Å². The molecule has 0 fully saturated rings. The Hall–Kier alpha value is -1.65. The monoisotopic (exact) mass is 236 g/mol. The maximum Gasteiger partial charge on any atom is 0.317 e. The van der Waals surface area contributed by atoms with E-state index in [1.165, 1.54) is 11.2 Å². The number of nitrogens with one attached hydrogen (secondary N) is 1. The Morgan fingerprint density at radius 1 is 1.41 bits per heavy atom. The van der Waals surface area contributed by atoms with Gasteiger partial charge < -0.3 is 10.2 Å². The lowest BCUT2D eigenvalue weighted by Crippen LogP contribution is -2.34. The number of hydrogen-bond donors (Lipinski definition) is 1. The van der Waals surface area contributed by atoms with Crippen LogP contribution in [0.4, 0.5) is 4.79 Å². The van der Waals surface area contributed by atoms with E-state index in [0.717, 1.165) is 11.3 Å². The van der Waals surface area contributed by atoms with E-state index >= 15 is 0 Å². The van der Waals surface area contributed by atoms with E-state index in [0.29, 0.717) is 6.54 Å². The van der Waals surface area contributed by atoms with E-state index in [1.807, 2.05) is 0 Å². The van der Waals surface area contributed by atoms with Gasteiger partial charge >= 0.3 is 6.03 Å². The maximum atomic E-state index is 11.5. The molecule has 94 valence electrons. The van der Waals surface area contributed by atoms with Crippen molar-refractivity contribution in [2.75, 3.05) is 14.1 Å².